The summed E-state index contributed by atoms with van der Waals surface area (Å²) in [6, 6.07) is 7.32. The van der Waals surface area contributed by atoms with Gasteiger partial charge in [0.15, 0.2) is 0 Å². The fourth-order valence-corrected chi connectivity index (χ4v) is 4.79. The summed E-state index contributed by atoms with van der Waals surface area (Å²) < 4.78 is 0. The second-order valence-electron chi connectivity index (χ2n) is 6.45. The van der Waals surface area contributed by atoms with Crippen LogP contribution < -0.4 is 5.56 Å². The molecule has 0 radical (unpaired) electrons. The quantitative estimate of drug-likeness (QED) is 0.541. The standard InChI is InChI=1S/C20H18N4O2S2/c1-12-13(2)28-19-17(12)18(25)22-16(23-19)11-24(10-15-4-3-9-27-15)20(26)14-5-7-21-8-6-14/h3-9H,10-11H2,1-2H3,(H,22,23,25). The van der Waals surface area contributed by atoms with E-state index in [0.29, 0.717) is 28.1 Å². The van der Waals surface area contributed by atoms with Crippen LogP contribution in [0.2, 0.25) is 0 Å². The molecule has 0 spiro atoms. The molecule has 28 heavy (non-hydrogen) atoms. The molecule has 0 aliphatic carbocycles. The highest BCUT2D eigenvalue weighted by atomic mass is 32.1. The molecule has 142 valence electrons. The molecule has 4 rings (SSSR count). The number of amides is 1. The van der Waals surface area contributed by atoms with Crippen LogP contribution in [0.15, 0.2) is 46.8 Å². The van der Waals surface area contributed by atoms with E-state index in [1.54, 1.807) is 40.8 Å². The summed E-state index contributed by atoms with van der Waals surface area (Å²) in [5.41, 5.74) is 1.36. The zero-order valence-electron chi connectivity index (χ0n) is 15.4. The number of aromatic amines is 1. The van der Waals surface area contributed by atoms with Crippen LogP contribution in [-0.2, 0) is 13.1 Å². The Kier molecular flexibility index (Phi) is 5.06. The largest absolute Gasteiger partial charge is 0.326 e. The van der Waals surface area contributed by atoms with Gasteiger partial charge in [0.05, 0.1) is 18.5 Å². The molecule has 4 aromatic rings. The molecular weight excluding hydrogens is 392 g/mol. The monoisotopic (exact) mass is 410 g/mol. The van der Waals surface area contributed by atoms with Gasteiger partial charge in [-0.2, -0.15) is 0 Å². The van der Waals surface area contributed by atoms with Crippen molar-refractivity contribution in [3.8, 4) is 0 Å². The van der Waals surface area contributed by atoms with Gasteiger partial charge in [0.2, 0.25) is 0 Å². The lowest BCUT2D eigenvalue weighted by molar-refractivity contribution is 0.0727. The molecule has 0 atom stereocenters. The van der Waals surface area contributed by atoms with E-state index in [2.05, 4.69) is 15.0 Å². The highest BCUT2D eigenvalue weighted by molar-refractivity contribution is 7.18. The predicted molar refractivity (Wildman–Crippen MR) is 112 cm³/mol. The molecule has 0 unspecified atom stereocenters. The molecule has 0 aliphatic heterocycles. The highest BCUT2D eigenvalue weighted by Gasteiger charge is 2.19. The summed E-state index contributed by atoms with van der Waals surface area (Å²) in [4.78, 5) is 41.6. The number of nitrogens with zero attached hydrogens (tertiary/aromatic N) is 3. The molecular formula is C20H18N4O2S2. The van der Waals surface area contributed by atoms with Gasteiger partial charge in [0.25, 0.3) is 11.5 Å². The molecule has 0 aliphatic rings. The number of rotatable bonds is 5. The first-order chi connectivity index (χ1) is 13.5. The maximum Gasteiger partial charge on any atom is 0.259 e. The minimum atomic E-state index is -0.158. The van der Waals surface area contributed by atoms with Crippen molar-refractivity contribution < 1.29 is 4.79 Å². The van der Waals surface area contributed by atoms with Crippen LogP contribution >= 0.6 is 22.7 Å². The van der Waals surface area contributed by atoms with Crippen molar-refractivity contribution in [1.29, 1.82) is 0 Å². The van der Waals surface area contributed by atoms with Crippen LogP contribution in [0.4, 0.5) is 0 Å². The van der Waals surface area contributed by atoms with E-state index in [4.69, 9.17) is 0 Å². The smallest absolute Gasteiger partial charge is 0.259 e. The van der Waals surface area contributed by atoms with Gasteiger partial charge in [-0.15, -0.1) is 22.7 Å². The van der Waals surface area contributed by atoms with Crippen molar-refractivity contribution >= 4 is 38.8 Å². The van der Waals surface area contributed by atoms with Crippen LogP contribution in [0.1, 0.15) is 31.5 Å². The number of hydrogen-bond donors (Lipinski definition) is 1. The maximum atomic E-state index is 13.1. The molecule has 4 heterocycles. The van der Waals surface area contributed by atoms with Crippen LogP contribution in [0.25, 0.3) is 10.2 Å². The average Bonchev–Trinajstić information content (AvgIpc) is 3.29. The van der Waals surface area contributed by atoms with E-state index in [1.807, 2.05) is 31.4 Å². The Hall–Kier alpha value is -2.84. The maximum absolute atomic E-state index is 13.1. The lowest BCUT2D eigenvalue weighted by Crippen LogP contribution is -2.31. The number of aromatic nitrogens is 3. The van der Waals surface area contributed by atoms with Gasteiger partial charge in [0.1, 0.15) is 10.7 Å². The fourth-order valence-electron chi connectivity index (χ4n) is 3.02. The van der Waals surface area contributed by atoms with Crippen molar-refractivity contribution in [2.24, 2.45) is 0 Å². The van der Waals surface area contributed by atoms with Gasteiger partial charge >= 0.3 is 0 Å². The van der Waals surface area contributed by atoms with Gasteiger partial charge in [-0.3, -0.25) is 14.6 Å². The molecule has 0 bridgehead atoms. The molecule has 4 aromatic heterocycles. The number of nitrogens with one attached hydrogen (secondary N) is 1. The van der Waals surface area contributed by atoms with Gasteiger partial charge in [-0.1, -0.05) is 6.07 Å². The average molecular weight is 411 g/mol. The van der Waals surface area contributed by atoms with E-state index in [9.17, 15) is 9.59 Å². The van der Waals surface area contributed by atoms with Crippen molar-refractivity contribution in [2.75, 3.05) is 0 Å². The predicted octanol–water partition coefficient (Wildman–Crippen LogP) is 3.90. The third-order valence-electron chi connectivity index (χ3n) is 4.57. The molecule has 6 nitrogen and oxygen atoms in total. The number of fused-ring (bicyclic) bond motifs is 1. The molecule has 0 aromatic carbocycles. The first kappa shape index (κ1) is 18.5. The first-order valence-corrected chi connectivity index (χ1v) is 10.4. The second-order valence-corrected chi connectivity index (χ2v) is 8.69. The molecule has 0 saturated carbocycles. The molecule has 1 amide bonds. The summed E-state index contributed by atoms with van der Waals surface area (Å²) >= 11 is 3.09. The Labute approximate surface area is 169 Å². The zero-order chi connectivity index (χ0) is 19.7. The molecule has 1 N–H and O–H groups in total. The normalized spacial score (nSPS) is 11.1. The van der Waals surface area contributed by atoms with E-state index >= 15 is 0 Å². The third-order valence-corrected chi connectivity index (χ3v) is 6.53. The first-order valence-electron chi connectivity index (χ1n) is 8.73. The SMILES string of the molecule is Cc1sc2nc(CN(Cc3cccs3)C(=O)c3ccncc3)[nH]c(=O)c2c1C. The van der Waals surface area contributed by atoms with E-state index < -0.39 is 0 Å². The van der Waals surface area contributed by atoms with Crippen LogP contribution in [0.3, 0.4) is 0 Å². The van der Waals surface area contributed by atoms with Gasteiger partial charge in [-0.05, 0) is 43.0 Å². The Morgan fingerprint density at radius 3 is 2.68 bits per heavy atom. The highest BCUT2D eigenvalue weighted by Crippen LogP contribution is 2.26. The minimum Gasteiger partial charge on any atom is -0.326 e. The number of carbonyl (C=O) groups excluding carboxylic acids is 1. The van der Waals surface area contributed by atoms with Crippen molar-refractivity contribution in [1.82, 2.24) is 19.9 Å². The Bertz CT molecular complexity index is 1180. The zero-order valence-corrected chi connectivity index (χ0v) is 17.1. The number of H-pyrrole nitrogens is 1. The lowest BCUT2D eigenvalue weighted by Gasteiger charge is -2.21. The van der Waals surface area contributed by atoms with Gasteiger partial charge in [-0.25, -0.2) is 4.98 Å². The summed E-state index contributed by atoms with van der Waals surface area (Å²) in [6.07, 6.45) is 3.19. The van der Waals surface area contributed by atoms with Gasteiger partial charge in [0, 0.05) is 27.7 Å². The van der Waals surface area contributed by atoms with Crippen LogP contribution in [0.5, 0.6) is 0 Å². The minimum absolute atomic E-state index is 0.128. The summed E-state index contributed by atoms with van der Waals surface area (Å²) in [5.74, 6) is 0.356. The molecule has 8 heteroatoms. The van der Waals surface area contributed by atoms with Crippen LogP contribution in [-0.4, -0.2) is 25.8 Å². The number of thiophene rings is 2. The van der Waals surface area contributed by atoms with E-state index in [-0.39, 0.29) is 18.0 Å². The molecule has 0 saturated heterocycles. The Morgan fingerprint density at radius 1 is 1.18 bits per heavy atom. The van der Waals surface area contributed by atoms with Crippen molar-refractivity contribution in [3.63, 3.8) is 0 Å². The Morgan fingerprint density at radius 2 is 1.96 bits per heavy atom. The molecule has 0 fully saturated rings. The summed E-state index contributed by atoms with van der Waals surface area (Å²) in [7, 11) is 0. The van der Waals surface area contributed by atoms with Crippen molar-refractivity contribution in [2.45, 2.75) is 26.9 Å². The third kappa shape index (κ3) is 3.61. The van der Waals surface area contributed by atoms with Gasteiger partial charge < -0.3 is 9.88 Å². The summed E-state index contributed by atoms with van der Waals surface area (Å²) in [5, 5.41) is 2.62. The van der Waals surface area contributed by atoms with E-state index in [0.717, 1.165) is 15.3 Å². The second kappa shape index (κ2) is 7.65. The number of pyridine rings is 1. The number of hydrogen-bond acceptors (Lipinski definition) is 6. The van der Waals surface area contributed by atoms with Crippen LogP contribution in [0, 0.1) is 13.8 Å². The summed E-state index contributed by atoms with van der Waals surface area (Å²) in [6.45, 7) is 4.58. The number of aryl methyl sites for hydroxylation is 2. The number of carbonyl (C=O) groups is 1. The fraction of sp³-hybridized carbons (Fsp3) is 0.200. The Balaban J connectivity index is 1.70. The topological polar surface area (TPSA) is 79.0 Å². The lowest BCUT2D eigenvalue weighted by atomic mass is 10.2. The van der Waals surface area contributed by atoms with E-state index in [1.165, 1.54) is 11.3 Å². The van der Waals surface area contributed by atoms with Crippen molar-refractivity contribution in [3.05, 3.63) is 79.1 Å².